The second-order valence-electron chi connectivity index (χ2n) is 9.40. The minimum Gasteiger partial charge on any atom is -0.497 e. The third kappa shape index (κ3) is 5.91. The van der Waals surface area contributed by atoms with E-state index >= 15 is 0 Å². The van der Waals surface area contributed by atoms with Crippen molar-refractivity contribution in [2.24, 2.45) is 0 Å². The van der Waals surface area contributed by atoms with E-state index in [4.69, 9.17) is 4.74 Å². The van der Waals surface area contributed by atoms with Gasteiger partial charge in [-0.3, -0.25) is 9.59 Å². The fourth-order valence-corrected chi connectivity index (χ4v) is 4.90. The molecule has 1 fully saturated rings. The van der Waals surface area contributed by atoms with Crippen LogP contribution in [0.5, 0.6) is 5.75 Å². The summed E-state index contributed by atoms with van der Waals surface area (Å²) in [5, 5.41) is 3.11. The van der Waals surface area contributed by atoms with Crippen molar-refractivity contribution in [3.05, 3.63) is 95.6 Å². The number of hydrogen-bond donors (Lipinski definition) is 1. The molecule has 5 nitrogen and oxygen atoms in total. The lowest BCUT2D eigenvalue weighted by molar-refractivity contribution is -0.148. The summed E-state index contributed by atoms with van der Waals surface area (Å²) >= 11 is 0. The van der Waals surface area contributed by atoms with Crippen molar-refractivity contribution in [1.29, 1.82) is 0 Å². The summed E-state index contributed by atoms with van der Waals surface area (Å²) in [7, 11) is 1.62. The second kappa shape index (κ2) is 11.2. The molecule has 35 heavy (non-hydrogen) atoms. The maximum absolute atomic E-state index is 14.0. The average molecular weight is 471 g/mol. The number of hydrogen-bond acceptors (Lipinski definition) is 3. The molecular weight excluding hydrogens is 436 g/mol. The molecule has 1 aliphatic carbocycles. The van der Waals surface area contributed by atoms with E-state index in [1.807, 2.05) is 66.4 Å². The van der Waals surface area contributed by atoms with Crippen molar-refractivity contribution in [3.8, 4) is 5.75 Å². The van der Waals surface area contributed by atoms with Gasteiger partial charge in [0.25, 0.3) is 0 Å². The molecule has 182 valence electrons. The topological polar surface area (TPSA) is 58.6 Å². The van der Waals surface area contributed by atoms with E-state index in [9.17, 15) is 9.59 Å². The molecule has 3 aromatic rings. The van der Waals surface area contributed by atoms with E-state index in [-0.39, 0.29) is 18.2 Å². The van der Waals surface area contributed by atoms with E-state index in [1.54, 1.807) is 7.11 Å². The quantitative estimate of drug-likeness (QED) is 0.445. The van der Waals surface area contributed by atoms with Crippen LogP contribution in [0.25, 0.3) is 0 Å². The SMILES string of the molecule is COc1ccc(NC(=O)C2(N(Cc3ccc(C)cc3)C(=O)Cc3ccccc3)CCCCC2)cc1. The van der Waals surface area contributed by atoms with Crippen LogP contribution in [0.4, 0.5) is 5.69 Å². The molecule has 2 amide bonds. The maximum atomic E-state index is 14.0. The monoisotopic (exact) mass is 470 g/mol. The normalized spacial score (nSPS) is 14.7. The highest BCUT2D eigenvalue weighted by Gasteiger charge is 2.46. The van der Waals surface area contributed by atoms with Gasteiger partial charge in [-0.05, 0) is 55.2 Å². The van der Waals surface area contributed by atoms with Crippen LogP contribution >= 0.6 is 0 Å². The van der Waals surface area contributed by atoms with Gasteiger partial charge in [-0.25, -0.2) is 0 Å². The van der Waals surface area contributed by atoms with E-state index < -0.39 is 5.54 Å². The van der Waals surface area contributed by atoms with E-state index in [0.29, 0.717) is 25.1 Å². The van der Waals surface area contributed by atoms with Crippen molar-refractivity contribution < 1.29 is 14.3 Å². The van der Waals surface area contributed by atoms with Gasteiger partial charge in [-0.15, -0.1) is 0 Å². The van der Waals surface area contributed by atoms with Crippen molar-refractivity contribution in [1.82, 2.24) is 4.90 Å². The number of rotatable bonds is 8. The summed E-state index contributed by atoms with van der Waals surface area (Å²) in [6, 6.07) is 25.3. The van der Waals surface area contributed by atoms with Crippen LogP contribution < -0.4 is 10.1 Å². The molecule has 0 atom stereocenters. The summed E-state index contributed by atoms with van der Waals surface area (Å²) in [4.78, 5) is 29.7. The fourth-order valence-electron chi connectivity index (χ4n) is 4.90. The first-order chi connectivity index (χ1) is 17.0. The Hall–Kier alpha value is -3.60. The van der Waals surface area contributed by atoms with Gasteiger partial charge in [0.05, 0.1) is 13.5 Å². The van der Waals surface area contributed by atoms with Crippen LogP contribution in [0.2, 0.25) is 0 Å². The molecule has 0 heterocycles. The Kier molecular flexibility index (Phi) is 7.86. The second-order valence-corrected chi connectivity index (χ2v) is 9.40. The molecule has 0 aliphatic heterocycles. The van der Waals surface area contributed by atoms with Gasteiger partial charge in [-0.2, -0.15) is 0 Å². The summed E-state index contributed by atoms with van der Waals surface area (Å²) in [5.74, 6) is 0.592. The standard InChI is InChI=1S/C30H34N2O3/c1-23-11-13-25(14-12-23)22-32(28(33)21-24-9-5-3-6-10-24)30(19-7-4-8-20-30)29(34)31-26-15-17-27(35-2)18-16-26/h3,5-6,9-18H,4,7-8,19-22H2,1-2H3,(H,31,34). The number of nitrogens with zero attached hydrogens (tertiary/aromatic N) is 1. The van der Waals surface area contributed by atoms with Crippen LogP contribution in [-0.2, 0) is 22.6 Å². The predicted octanol–water partition coefficient (Wildman–Crippen LogP) is 5.92. The van der Waals surface area contributed by atoms with Crippen molar-refractivity contribution in [3.63, 3.8) is 0 Å². The van der Waals surface area contributed by atoms with Crippen molar-refractivity contribution in [2.75, 3.05) is 12.4 Å². The molecular formula is C30H34N2O3. The zero-order chi connectivity index (χ0) is 24.7. The molecule has 0 radical (unpaired) electrons. The largest absolute Gasteiger partial charge is 0.497 e. The van der Waals surface area contributed by atoms with Crippen molar-refractivity contribution in [2.45, 2.75) is 57.5 Å². The van der Waals surface area contributed by atoms with E-state index in [2.05, 4.69) is 29.6 Å². The lowest BCUT2D eigenvalue weighted by Gasteiger charge is -2.45. The number of carbonyl (C=O) groups excluding carboxylic acids is 2. The predicted molar refractivity (Wildman–Crippen MR) is 139 cm³/mol. The highest BCUT2D eigenvalue weighted by Crippen LogP contribution is 2.37. The molecule has 1 N–H and O–H groups in total. The zero-order valence-corrected chi connectivity index (χ0v) is 20.6. The van der Waals surface area contributed by atoms with E-state index in [0.717, 1.165) is 36.1 Å². The Balaban J connectivity index is 1.67. The van der Waals surface area contributed by atoms with Crippen LogP contribution in [-0.4, -0.2) is 29.4 Å². The maximum Gasteiger partial charge on any atom is 0.250 e. The average Bonchev–Trinajstić information content (AvgIpc) is 2.89. The Labute approximate surface area is 208 Å². The number of amides is 2. The number of anilines is 1. The minimum atomic E-state index is -0.894. The van der Waals surface area contributed by atoms with Gasteiger partial charge >= 0.3 is 0 Å². The number of carbonyl (C=O) groups is 2. The smallest absolute Gasteiger partial charge is 0.250 e. The Bertz CT molecular complexity index is 1120. The number of methoxy groups -OCH3 is 1. The first kappa shape index (κ1) is 24.5. The number of nitrogens with one attached hydrogen (secondary N) is 1. The molecule has 0 bridgehead atoms. The third-order valence-electron chi connectivity index (χ3n) is 6.93. The molecule has 0 spiro atoms. The highest BCUT2D eigenvalue weighted by molar-refractivity contribution is 6.01. The molecule has 0 unspecified atom stereocenters. The Morgan fingerprint density at radius 1 is 0.857 bits per heavy atom. The lowest BCUT2D eigenvalue weighted by atomic mass is 9.78. The van der Waals surface area contributed by atoms with Gasteiger partial charge in [0.15, 0.2) is 0 Å². The molecule has 4 rings (SSSR count). The van der Waals surface area contributed by atoms with Gasteiger partial charge in [0.2, 0.25) is 11.8 Å². The van der Waals surface area contributed by atoms with Crippen LogP contribution in [0, 0.1) is 6.92 Å². The Morgan fingerprint density at radius 2 is 1.51 bits per heavy atom. The molecule has 0 aromatic heterocycles. The van der Waals surface area contributed by atoms with Gasteiger partial charge in [0.1, 0.15) is 11.3 Å². The lowest BCUT2D eigenvalue weighted by Crippen LogP contribution is -2.60. The molecule has 0 saturated heterocycles. The van der Waals surface area contributed by atoms with Crippen LogP contribution in [0.15, 0.2) is 78.9 Å². The summed E-state index contributed by atoms with van der Waals surface area (Å²) in [5.41, 5.74) is 2.95. The first-order valence-corrected chi connectivity index (χ1v) is 12.4. The summed E-state index contributed by atoms with van der Waals surface area (Å²) < 4.78 is 5.25. The van der Waals surface area contributed by atoms with Crippen molar-refractivity contribution >= 4 is 17.5 Å². The summed E-state index contributed by atoms with van der Waals surface area (Å²) in [6.07, 6.45) is 4.48. The number of benzene rings is 3. The van der Waals surface area contributed by atoms with E-state index in [1.165, 1.54) is 5.56 Å². The highest BCUT2D eigenvalue weighted by atomic mass is 16.5. The van der Waals surface area contributed by atoms with Gasteiger partial charge < -0.3 is 15.0 Å². The molecule has 1 aliphatic rings. The molecule has 3 aromatic carbocycles. The first-order valence-electron chi connectivity index (χ1n) is 12.4. The fraction of sp³-hybridized carbons (Fsp3) is 0.333. The molecule has 1 saturated carbocycles. The molecule has 5 heteroatoms. The van der Waals surface area contributed by atoms with Gasteiger partial charge in [0, 0.05) is 12.2 Å². The van der Waals surface area contributed by atoms with Gasteiger partial charge in [-0.1, -0.05) is 79.4 Å². The Morgan fingerprint density at radius 3 is 2.14 bits per heavy atom. The third-order valence-corrected chi connectivity index (χ3v) is 6.93. The minimum absolute atomic E-state index is 0.0245. The number of ether oxygens (including phenoxy) is 1. The summed E-state index contributed by atoms with van der Waals surface area (Å²) in [6.45, 7) is 2.45. The number of aryl methyl sites for hydroxylation is 1. The zero-order valence-electron chi connectivity index (χ0n) is 20.6. The van der Waals surface area contributed by atoms with Crippen LogP contribution in [0.3, 0.4) is 0 Å². The van der Waals surface area contributed by atoms with Crippen LogP contribution in [0.1, 0.15) is 48.8 Å².